The van der Waals surface area contributed by atoms with Crippen LogP contribution in [0.1, 0.15) is 19.4 Å². The van der Waals surface area contributed by atoms with Crippen molar-refractivity contribution in [1.82, 2.24) is 4.98 Å². The minimum absolute atomic E-state index is 0.779. The van der Waals surface area contributed by atoms with Crippen molar-refractivity contribution in [2.24, 2.45) is 0 Å². The highest BCUT2D eigenvalue weighted by molar-refractivity contribution is 6.32. The largest absolute Gasteiger partial charge is 0.386 e. The van der Waals surface area contributed by atoms with Crippen LogP contribution in [0.2, 0.25) is 0 Å². The van der Waals surface area contributed by atoms with E-state index in [9.17, 15) is 5.11 Å². The van der Waals surface area contributed by atoms with Gasteiger partial charge in [0.2, 0.25) is 0 Å². The summed E-state index contributed by atoms with van der Waals surface area (Å²) in [6, 6.07) is 1.94. The van der Waals surface area contributed by atoms with Crippen LogP contribution in [0.15, 0.2) is 18.5 Å². The average molecular weight is 149 g/mol. The van der Waals surface area contributed by atoms with Gasteiger partial charge in [0.1, 0.15) is 7.85 Å². The standard InChI is InChI=1S/C8H12BNO/c1-8(2,11)6-3-7(9)5-10-4-6/h3-5,11H,9H2,1-2H3. The normalized spacial score (nSPS) is 11.5. The number of hydrogen-bond acceptors (Lipinski definition) is 2. The van der Waals surface area contributed by atoms with Crippen molar-refractivity contribution in [3.8, 4) is 0 Å². The van der Waals surface area contributed by atoms with E-state index in [1.54, 1.807) is 26.2 Å². The van der Waals surface area contributed by atoms with Gasteiger partial charge in [0.25, 0.3) is 0 Å². The highest BCUT2D eigenvalue weighted by Gasteiger charge is 2.15. The second-order valence-electron chi connectivity index (χ2n) is 3.31. The Hall–Kier alpha value is -0.825. The van der Waals surface area contributed by atoms with E-state index < -0.39 is 5.60 Å². The zero-order valence-corrected chi connectivity index (χ0v) is 7.13. The first kappa shape index (κ1) is 8.27. The maximum Gasteiger partial charge on any atom is 0.141 e. The van der Waals surface area contributed by atoms with Crippen molar-refractivity contribution in [3.05, 3.63) is 24.0 Å². The molecule has 2 nitrogen and oxygen atoms in total. The Morgan fingerprint density at radius 3 is 2.45 bits per heavy atom. The Kier molecular flexibility index (Phi) is 2.00. The first-order valence-electron chi connectivity index (χ1n) is 3.64. The van der Waals surface area contributed by atoms with Gasteiger partial charge < -0.3 is 5.11 Å². The molecule has 0 aromatic carbocycles. The van der Waals surface area contributed by atoms with Crippen molar-refractivity contribution in [2.75, 3.05) is 0 Å². The van der Waals surface area contributed by atoms with E-state index in [1.807, 2.05) is 13.9 Å². The van der Waals surface area contributed by atoms with Crippen LogP contribution in [0.4, 0.5) is 0 Å². The Morgan fingerprint density at radius 2 is 2.09 bits per heavy atom. The quantitative estimate of drug-likeness (QED) is 0.549. The Morgan fingerprint density at radius 1 is 1.45 bits per heavy atom. The summed E-state index contributed by atoms with van der Waals surface area (Å²) < 4.78 is 0. The first-order chi connectivity index (χ1) is 5.00. The van der Waals surface area contributed by atoms with E-state index >= 15 is 0 Å². The highest BCUT2D eigenvalue weighted by atomic mass is 16.3. The second kappa shape index (κ2) is 2.66. The predicted octanol–water partition coefficient (Wildman–Crippen LogP) is -0.433. The topological polar surface area (TPSA) is 33.1 Å². The minimum atomic E-state index is -0.779. The number of aromatic nitrogens is 1. The first-order valence-corrected chi connectivity index (χ1v) is 3.64. The minimum Gasteiger partial charge on any atom is -0.386 e. The zero-order valence-electron chi connectivity index (χ0n) is 7.13. The molecule has 0 spiro atoms. The van der Waals surface area contributed by atoms with E-state index in [-0.39, 0.29) is 0 Å². The van der Waals surface area contributed by atoms with Gasteiger partial charge in [0.15, 0.2) is 0 Å². The van der Waals surface area contributed by atoms with Gasteiger partial charge in [-0.05, 0) is 13.8 Å². The second-order valence-corrected chi connectivity index (χ2v) is 3.31. The van der Waals surface area contributed by atoms with Gasteiger partial charge in [-0.15, -0.1) is 0 Å². The maximum absolute atomic E-state index is 9.57. The monoisotopic (exact) mass is 149 g/mol. The van der Waals surface area contributed by atoms with Gasteiger partial charge in [0.05, 0.1) is 5.60 Å². The van der Waals surface area contributed by atoms with Gasteiger partial charge >= 0.3 is 0 Å². The number of rotatable bonds is 1. The number of nitrogens with zero attached hydrogens (tertiary/aromatic N) is 1. The van der Waals surface area contributed by atoms with E-state index in [0.717, 1.165) is 11.0 Å². The highest BCUT2D eigenvalue weighted by Crippen LogP contribution is 2.16. The number of aliphatic hydroxyl groups is 1. The SMILES string of the molecule is Bc1cncc(C(C)(C)O)c1. The lowest BCUT2D eigenvalue weighted by molar-refractivity contribution is 0.0783. The summed E-state index contributed by atoms with van der Waals surface area (Å²) in [4.78, 5) is 3.99. The Bertz CT molecular complexity index is 255. The van der Waals surface area contributed by atoms with Gasteiger partial charge in [-0.2, -0.15) is 0 Å². The molecule has 1 heterocycles. The zero-order chi connectivity index (χ0) is 8.48. The van der Waals surface area contributed by atoms with E-state index in [1.165, 1.54) is 0 Å². The van der Waals surface area contributed by atoms with Crippen LogP contribution in [-0.2, 0) is 5.60 Å². The fourth-order valence-corrected chi connectivity index (χ4v) is 0.890. The van der Waals surface area contributed by atoms with E-state index in [0.29, 0.717) is 0 Å². The lowest BCUT2D eigenvalue weighted by atomic mass is 9.92. The molecule has 0 aliphatic rings. The molecule has 0 saturated heterocycles. The molecule has 3 heteroatoms. The van der Waals surface area contributed by atoms with Crippen LogP contribution in [0, 0.1) is 0 Å². The third-order valence-corrected chi connectivity index (χ3v) is 1.58. The molecule has 0 fully saturated rings. The van der Waals surface area contributed by atoms with Crippen LogP contribution in [-0.4, -0.2) is 17.9 Å². The molecular formula is C8H12BNO. The van der Waals surface area contributed by atoms with Gasteiger partial charge in [-0.3, -0.25) is 4.98 Å². The molecule has 1 N–H and O–H groups in total. The van der Waals surface area contributed by atoms with Crippen LogP contribution < -0.4 is 5.46 Å². The summed E-state index contributed by atoms with van der Waals surface area (Å²) in [6.07, 6.45) is 3.46. The lowest BCUT2D eigenvalue weighted by Gasteiger charge is -2.17. The van der Waals surface area contributed by atoms with Gasteiger partial charge in [0, 0.05) is 18.0 Å². The lowest BCUT2D eigenvalue weighted by Crippen LogP contribution is -2.18. The molecule has 0 saturated carbocycles. The van der Waals surface area contributed by atoms with E-state index in [2.05, 4.69) is 4.98 Å². The van der Waals surface area contributed by atoms with Crippen molar-refractivity contribution in [3.63, 3.8) is 0 Å². The summed E-state index contributed by atoms with van der Waals surface area (Å²) in [7, 11) is 1.96. The molecule has 1 rings (SSSR count). The van der Waals surface area contributed by atoms with Crippen LogP contribution in [0.3, 0.4) is 0 Å². The fraction of sp³-hybridized carbons (Fsp3) is 0.375. The third kappa shape index (κ3) is 2.05. The molecule has 0 atom stereocenters. The van der Waals surface area contributed by atoms with Gasteiger partial charge in [-0.25, -0.2) is 0 Å². The molecule has 1 aromatic heterocycles. The molecule has 0 bridgehead atoms. The Labute approximate surface area is 67.7 Å². The molecule has 0 aliphatic heterocycles. The summed E-state index contributed by atoms with van der Waals surface area (Å²) in [5.74, 6) is 0. The molecule has 0 radical (unpaired) electrons. The summed E-state index contributed by atoms with van der Waals surface area (Å²) in [6.45, 7) is 3.51. The average Bonchev–Trinajstić information content (AvgIpc) is 1.86. The molecule has 58 valence electrons. The van der Waals surface area contributed by atoms with Crippen molar-refractivity contribution < 1.29 is 5.11 Å². The summed E-state index contributed by atoms with van der Waals surface area (Å²) in [5, 5.41) is 9.57. The van der Waals surface area contributed by atoms with Crippen molar-refractivity contribution in [1.29, 1.82) is 0 Å². The predicted molar refractivity (Wildman–Crippen MR) is 47.7 cm³/mol. The maximum atomic E-state index is 9.57. The van der Waals surface area contributed by atoms with E-state index in [4.69, 9.17) is 0 Å². The van der Waals surface area contributed by atoms with Crippen LogP contribution >= 0.6 is 0 Å². The van der Waals surface area contributed by atoms with Crippen LogP contribution in [0.5, 0.6) is 0 Å². The van der Waals surface area contributed by atoms with Gasteiger partial charge in [-0.1, -0.05) is 11.5 Å². The third-order valence-electron chi connectivity index (χ3n) is 1.58. The van der Waals surface area contributed by atoms with Crippen molar-refractivity contribution >= 4 is 13.3 Å². The molecule has 11 heavy (non-hydrogen) atoms. The molecule has 0 amide bonds. The van der Waals surface area contributed by atoms with Crippen LogP contribution in [0.25, 0.3) is 0 Å². The smallest absolute Gasteiger partial charge is 0.141 e. The van der Waals surface area contributed by atoms with Crippen molar-refractivity contribution in [2.45, 2.75) is 19.4 Å². The summed E-state index contributed by atoms with van der Waals surface area (Å²) in [5.41, 5.74) is 1.15. The molecule has 0 unspecified atom stereocenters. The number of pyridine rings is 1. The summed E-state index contributed by atoms with van der Waals surface area (Å²) >= 11 is 0. The molecule has 1 aromatic rings. The Balaban J connectivity index is 3.06. The molecule has 0 aliphatic carbocycles. The molecular weight excluding hydrogens is 137 g/mol. The number of hydrogen-bond donors (Lipinski definition) is 1. The fourth-order valence-electron chi connectivity index (χ4n) is 0.890.